The fourth-order valence-corrected chi connectivity index (χ4v) is 2.54. The molecule has 1 atom stereocenters. The Bertz CT molecular complexity index is 261. The number of β-amino-alcohol motifs (C(OH)–C–C–N with tert-alkyl or cyclic N) is 1. The first-order valence-corrected chi connectivity index (χ1v) is 7.48. The quantitative estimate of drug-likeness (QED) is 0.698. The Morgan fingerprint density at radius 2 is 2.05 bits per heavy atom. The van der Waals surface area contributed by atoms with Gasteiger partial charge in [-0.05, 0) is 38.3 Å². The first kappa shape index (κ1) is 16.4. The minimum Gasteiger partial charge on any atom is -0.395 e. The Morgan fingerprint density at radius 1 is 1.26 bits per heavy atom. The van der Waals surface area contributed by atoms with Crippen molar-refractivity contribution in [3.05, 3.63) is 0 Å². The second-order valence-corrected chi connectivity index (χ2v) is 5.52. The number of aliphatic hydroxyl groups excluding tert-OH is 1. The van der Waals surface area contributed by atoms with Crippen molar-refractivity contribution in [1.29, 1.82) is 0 Å². The van der Waals surface area contributed by atoms with Gasteiger partial charge in [-0.15, -0.1) is 0 Å². The first-order chi connectivity index (χ1) is 9.17. The van der Waals surface area contributed by atoms with E-state index in [-0.39, 0.29) is 12.5 Å². The SMILES string of the molecule is CC(CCN)CCC(=O)N1CCCN(CCO)CC1. The number of aliphatic hydroxyl groups is 1. The van der Waals surface area contributed by atoms with Crippen molar-refractivity contribution in [3.8, 4) is 0 Å². The molecule has 1 aliphatic heterocycles. The Kier molecular flexibility index (Phi) is 8.02. The van der Waals surface area contributed by atoms with Crippen molar-refractivity contribution in [2.24, 2.45) is 11.7 Å². The van der Waals surface area contributed by atoms with Gasteiger partial charge in [-0.1, -0.05) is 6.92 Å². The third kappa shape index (κ3) is 6.36. The molecule has 0 spiro atoms. The van der Waals surface area contributed by atoms with Crippen LogP contribution in [0, 0.1) is 5.92 Å². The van der Waals surface area contributed by atoms with E-state index in [1.807, 2.05) is 4.90 Å². The molecule has 1 unspecified atom stereocenters. The van der Waals surface area contributed by atoms with E-state index < -0.39 is 0 Å². The van der Waals surface area contributed by atoms with Crippen LogP contribution >= 0.6 is 0 Å². The second-order valence-electron chi connectivity index (χ2n) is 5.52. The summed E-state index contributed by atoms with van der Waals surface area (Å²) in [7, 11) is 0. The highest BCUT2D eigenvalue weighted by molar-refractivity contribution is 5.76. The molecule has 1 saturated heterocycles. The van der Waals surface area contributed by atoms with E-state index in [2.05, 4.69) is 11.8 Å². The first-order valence-electron chi connectivity index (χ1n) is 7.48. The number of nitrogens with zero attached hydrogens (tertiary/aromatic N) is 2. The van der Waals surface area contributed by atoms with Crippen molar-refractivity contribution in [3.63, 3.8) is 0 Å². The highest BCUT2D eigenvalue weighted by atomic mass is 16.3. The van der Waals surface area contributed by atoms with E-state index >= 15 is 0 Å². The van der Waals surface area contributed by atoms with E-state index in [4.69, 9.17) is 10.8 Å². The zero-order chi connectivity index (χ0) is 14.1. The molecule has 19 heavy (non-hydrogen) atoms. The van der Waals surface area contributed by atoms with Gasteiger partial charge in [-0.2, -0.15) is 0 Å². The highest BCUT2D eigenvalue weighted by Gasteiger charge is 2.18. The molecule has 112 valence electrons. The van der Waals surface area contributed by atoms with E-state index in [1.54, 1.807) is 0 Å². The minimum absolute atomic E-state index is 0.199. The van der Waals surface area contributed by atoms with Crippen LogP contribution in [0.1, 0.15) is 32.6 Å². The van der Waals surface area contributed by atoms with Crippen LogP contribution in [-0.4, -0.2) is 66.7 Å². The largest absolute Gasteiger partial charge is 0.395 e. The molecule has 5 heteroatoms. The zero-order valence-electron chi connectivity index (χ0n) is 12.2. The molecule has 1 amide bonds. The van der Waals surface area contributed by atoms with Gasteiger partial charge in [0.05, 0.1) is 6.61 Å². The van der Waals surface area contributed by atoms with Crippen LogP contribution in [0.2, 0.25) is 0 Å². The van der Waals surface area contributed by atoms with Crippen LogP contribution < -0.4 is 5.73 Å². The van der Waals surface area contributed by atoms with Gasteiger partial charge in [0, 0.05) is 32.6 Å². The molecule has 0 aliphatic carbocycles. The number of hydrogen-bond donors (Lipinski definition) is 2. The molecule has 1 fully saturated rings. The molecule has 3 N–H and O–H groups in total. The summed E-state index contributed by atoms with van der Waals surface area (Å²) >= 11 is 0. The second kappa shape index (κ2) is 9.28. The fraction of sp³-hybridized carbons (Fsp3) is 0.929. The molecule has 1 heterocycles. The van der Waals surface area contributed by atoms with Crippen LogP contribution in [0.4, 0.5) is 0 Å². The summed E-state index contributed by atoms with van der Waals surface area (Å²) in [5.74, 6) is 0.807. The van der Waals surface area contributed by atoms with Crippen LogP contribution in [0.25, 0.3) is 0 Å². The Morgan fingerprint density at radius 3 is 2.74 bits per heavy atom. The number of rotatable bonds is 7. The lowest BCUT2D eigenvalue weighted by Crippen LogP contribution is -2.36. The Hall–Kier alpha value is -0.650. The van der Waals surface area contributed by atoms with Gasteiger partial charge in [0.15, 0.2) is 0 Å². The molecule has 1 rings (SSSR count). The maximum absolute atomic E-state index is 12.2. The fourth-order valence-electron chi connectivity index (χ4n) is 2.54. The van der Waals surface area contributed by atoms with Gasteiger partial charge in [0.2, 0.25) is 5.91 Å². The van der Waals surface area contributed by atoms with Crippen molar-refractivity contribution in [2.75, 3.05) is 45.9 Å². The number of amides is 1. The smallest absolute Gasteiger partial charge is 0.222 e. The monoisotopic (exact) mass is 271 g/mol. The standard InChI is InChI=1S/C14H29N3O2/c1-13(5-6-15)3-4-14(19)17-8-2-7-16(9-10-17)11-12-18/h13,18H,2-12,15H2,1H3. The van der Waals surface area contributed by atoms with E-state index in [9.17, 15) is 4.79 Å². The molecular formula is C14H29N3O2. The summed E-state index contributed by atoms with van der Waals surface area (Å²) in [6, 6.07) is 0. The highest BCUT2D eigenvalue weighted by Crippen LogP contribution is 2.12. The number of hydrogen-bond acceptors (Lipinski definition) is 4. The van der Waals surface area contributed by atoms with Gasteiger partial charge < -0.3 is 15.7 Å². The van der Waals surface area contributed by atoms with Crippen molar-refractivity contribution in [1.82, 2.24) is 9.80 Å². The van der Waals surface area contributed by atoms with Crippen LogP contribution in [0.15, 0.2) is 0 Å². The number of nitrogens with two attached hydrogens (primary N) is 1. The lowest BCUT2D eigenvalue weighted by molar-refractivity contribution is -0.131. The maximum Gasteiger partial charge on any atom is 0.222 e. The Labute approximate surface area is 116 Å². The molecule has 0 aromatic heterocycles. The summed E-state index contributed by atoms with van der Waals surface area (Å²) in [6.45, 7) is 7.29. The predicted molar refractivity (Wildman–Crippen MR) is 76.8 cm³/mol. The van der Waals surface area contributed by atoms with Gasteiger partial charge in [0.25, 0.3) is 0 Å². The summed E-state index contributed by atoms with van der Waals surface area (Å²) in [4.78, 5) is 16.4. The van der Waals surface area contributed by atoms with Crippen LogP contribution in [0.5, 0.6) is 0 Å². The third-order valence-corrected chi connectivity index (χ3v) is 3.87. The third-order valence-electron chi connectivity index (χ3n) is 3.87. The lowest BCUT2D eigenvalue weighted by atomic mass is 10.0. The molecule has 0 aromatic carbocycles. The number of carbonyl (C=O) groups excluding carboxylic acids is 1. The molecular weight excluding hydrogens is 242 g/mol. The van der Waals surface area contributed by atoms with E-state index in [1.165, 1.54) is 0 Å². The molecule has 0 saturated carbocycles. The van der Waals surface area contributed by atoms with Gasteiger partial charge in [-0.3, -0.25) is 9.69 Å². The minimum atomic E-state index is 0.199. The summed E-state index contributed by atoms with van der Waals surface area (Å²) in [5, 5.41) is 8.95. The molecule has 5 nitrogen and oxygen atoms in total. The molecule has 0 bridgehead atoms. The predicted octanol–water partition coefficient (Wildman–Crippen LogP) is 0.278. The maximum atomic E-state index is 12.2. The molecule has 0 aromatic rings. The summed E-state index contributed by atoms with van der Waals surface area (Å²) < 4.78 is 0. The van der Waals surface area contributed by atoms with Crippen molar-refractivity contribution in [2.45, 2.75) is 32.6 Å². The van der Waals surface area contributed by atoms with Crippen molar-refractivity contribution < 1.29 is 9.90 Å². The van der Waals surface area contributed by atoms with E-state index in [0.717, 1.165) is 52.0 Å². The zero-order valence-corrected chi connectivity index (χ0v) is 12.2. The van der Waals surface area contributed by atoms with E-state index in [0.29, 0.717) is 18.9 Å². The van der Waals surface area contributed by atoms with Crippen LogP contribution in [0.3, 0.4) is 0 Å². The van der Waals surface area contributed by atoms with Gasteiger partial charge in [-0.25, -0.2) is 0 Å². The molecule has 1 aliphatic rings. The van der Waals surface area contributed by atoms with Crippen LogP contribution in [-0.2, 0) is 4.79 Å². The average Bonchev–Trinajstić information content (AvgIpc) is 2.62. The molecule has 0 radical (unpaired) electrons. The van der Waals surface area contributed by atoms with Gasteiger partial charge >= 0.3 is 0 Å². The summed E-state index contributed by atoms with van der Waals surface area (Å²) in [6.07, 6.45) is 3.58. The van der Waals surface area contributed by atoms with Crippen molar-refractivity contribution >= 4 is 5.91 Å². The average molecular weight is 271 g/mol. The van der Waals surface area contributed by atoms with Gasteiger partial charge in [0.1, 0.15) is 0 Å². The number of carbonyl (C=O) groups is 1. The topological polar surface area (TPSA) is 69.8 Å². The lowest BCUT2D eigenvalue weighted by Gasteiger charge is -2.22. The normalized spacial score (nSPS) is 19.2. The Balaban J connectivity index is 2.28. The summed E-state index contributed by atoms with van der Waals surface area (Å²) in [5.41, 5.74) is 5.52.